The average molecular weight is 556 g/mol. The lowest BCUT2D eigenvalue weighted by molar-refractivity contribution is -0.142. The van der Waals surface area contributed by atoms with Crippen molar-refractivity contribution in [2.45, 2.75) is 39.7 Å². The Morgan fingerprint density at radius 1 is 1.16 bits per heavy atom. The second kappa shape index (κ2) is 13.9. The number of hydrogen-bond donors (Lipinski definition) is 1. The maximum absolute atomic E-state index is 12.8. The second-order valence-electron chi connectivity index (χ2n) is 9.16. The number of amides is 1. The molecule has 2 atom stereocenters. The quantitative estimate of drug-likeness (QED) is 0.273. The molecule has 0 spiro atoms. The Morgan fingerprint density at radius 2 is 1.84 bits per heavy atom. The molecule has 1 aromatic heterocycles. The van der Waals surface area contributed by atoms with Crippen LogP contribution < -0.4 is 10.2 Å². The van der Waals surface area contributed by atoms with Crippen LogP contribution in [0, 0.1) is 5.92 Å². The van der Waals surface area contributed by atoms with Crippen molar-refractivity contribution in [3.63, 3.8) is 0 Å². The lowest BCUT2D eigenvalue weighted by Gasteiger charge is -2.30. The molecule has 200 valence electrons. The van der Waals surface area contributed by atoms with Crippen LogP contribution >= 0.6 is 23.2 Å². The van der Waals surface area contributed by atoms with E-state index in [-0.39, 0.29) is 27.9 Å². The molecule has 9 heteroatoms. The standard InChI is InChI=1S/C29H32Cl2N4O3/c1-19(2)14-17-35(29-32-15-7-16-33-29)25-13-12-21(18-20(25)3)8-5-11-24(28(37)38-4)34-27(36)26-22(30)9-6-10-23(26)31/h5-10,12-16,20,24H,11,17-18H2,1-4H3,(H,34,36)/b8-5+. The third kappa shape index (κ3) is 7.79. The number of halogens is 2. The van der Waals surface area contributed by atoms with Crippen LogP contribution in [-0.2, 0) is 9.53 Å². The molecule has 1 aliphatic rings. The zero-order valence-electron chi connectivity index (χ0n) is 21.9. The molecule has 0 saturated carbocycles. The molecule has 1 aromatic carbocycles. The van der Waals surface area contributed by atoms with Gasteiger partial charge >= 0.3 is 5.97 Å². The van der Waals surface area contributed by atoms with Crippen molar-refractivity contribution in [3.05, 3.63) is 99.5 Å². The maximum Gasteiger partial charge on any atom is 0.328 e. The SMILES string of the molecule is COC(=O)C(C/C=C/C1=CC=C(N(CC=C(C)C)c2ncccn2)C(C)C1)NC(=O)c1c(Cl)cccc1Cl. The Morgan fingerprint density at radius 3 is 2.45 bits per heavy atom. The zero-order valence-corrected chi connectivity index (χ0v) is 23.5. The molecule has 38 heavy (non-hydrogen) atoms. The summed E-state index contributed by atoms with van der Waals surface area (Å²) in [5.41, 5.74) is 3.57. The first kappa shape index (κ1) is 29.1. The number of aromatic nitrogens is 2. The molecule has 1 amide bonds. The van der Waals surface area contributed by atoms with Gasteiger partial charge < -0.3 is 15.0 Å². The molecule has 0 saturated heterocycles. The van der Waals surface area contributed by atoms with Crippen molar-refractivity contribution >= 4 is 41.0 Å². The highest BCUT2D eigenvalue weighted by molar-refractivity contribution is 6.39. The Kier molecular flexibility index (Phi) is 10.7. The first-order chi connectivity index (χ1) is 18.2. The molecule has 0 aliphatic heterocycles. The Balaban J connectivity index is 1.75. The van der Waals surface area contributed by atoms with Gasteiger partial charge in [0.25, 0.3) is 5.91 Å². The van der Waals surface area contributed by atoms with Crippen molar-refractivity contribution in [3.8, 4) is 0 Å². The molecular formula is C29H32Cl2N4O3. The number of carbonyl (C=O) groups excluding carboxylic acids is 2. The Bertz CT molecular complexity index is 1250. The van der Waals surface area contributed by atoms with E-state index in [1.807, 2.05) is 12.2 Å². The van der Waals surface area contributed by atoms with E-state index < -0.39 is 17.9 Å². The predicted octanol–water partition coefficient (Wildman–Crippen LogP) is 6.32. The normalized spacial score (nSPS) is 15.8. The van der Waals surface area contributed by atoms with Crippen LogP contribution in [0.5, 0.6) is 0 Å². The third-order valence-electron chi connectivity index (χ3n) is 5.99. The summed E-state index contributed by atoms with van der Waals surface area (Å²) in [5.74, 6) is -0.225. The van der Waals surface area contributed by atoms with E-state index in [0.717, 1.165) is 17.7 Å². The minimum Gasteiger partial charge on any atom is -0.467 e. The highest BCUT2D eigenvalue weighted by Gasteiger charge is 2.24. The minimum atomic E-state index is -0.890. The highest BCUT2D eigenvalue weighted by atomic mass is 35.5. The molecule has 2 unspecified atom stereocenters. The molecule has 3 rings (SSSR count). The van der Waals surface area contributed by atoms with E-state index in [9.17, 15) is 9.59 Å². The van der Waals surface area contributed by atoms with Gasteiger partial charge in [0.2, 0.25) is 5.95 Å². The number of rotatable bonds is 10. The third-order valence-corrected chi connectivity index (χ3v) is 6.62. The van der Waals surface area contributed by atoms with Gasteiger partial charge in [-0.2, -0.15) is 0 Å². The molecule has 1 aliphatic carbocycles. The number of nitrogens with one attached hydrogen (secondary N) is 1. The molecule has 1 heterocycles. The monoisotopic (exact) mass is 554 g/mol. The van der Waals surface area contributed by atoms with Gasteiger partial charge in [-0.3, -0.25) is 4.79 Å². The lowest BCUT2D eigenvalue weighted by atomic mass is 9.91. The van der Waals surface area contributed by atoms with Crippen LogP contribution in [0.3, 0.4) is 0 Å². The summed E-state index contributed by atoms with van der Waals surface area (Å²) in [5, 5.41) is 3.10. The lowest BCUT2D eigenvalue weighted by Crippen LogP contribution is -2.41. The van der Waals surface area contributed by atoms with Gasteiger partial charge in [-0.15, -0.1) is 0 Å². The van der Waals surface area contributed by atoms with Gasteiger partial charge in [0.1, 0.15) is 6.04 Å². The number of esters is 1. The first-order valence-electron chi connectivity index (χ1n) is 12.3. The number of ether oxygens (including phenoxy) is 1. The number of allylic oxidation sites excluding steroid dienone is 6. The molecule has 7 nitrogen and oxygen atoms in total. The van der Waals surface area contributed by atoms with E-state index in [1.54, 1.807) is 36.7 Å². The fourth-order valence-electron chi connectivity index (χ4n) is 4.03. The van der Waals surface area contributed by atoms with E-state index in [1.165, 1.54) is 12.7 Å². The maximum atomic E-state index is 12.8. The molecule has 0 radical (unpaired) electrons. The zero-order chi connectivity index (χ0) is 27.7. The summed E-state index contributed by atoms with van der Waals surface area (Å²) in [7, 11) is 1.28. The van der Waals surface area contributed by atoms with Gasteiger partial charge in [0, 0.05) is 30.6 Å². The number of methoxy groups -OCH3 is 1. The fraction of sp³-hybridized carbons (Fsp3) is 0.310. The predicted molar refractivity (Wildman–Crippen MR) is 152 cm³/mol. The fourth-order valence-corrected chi connectivity index (χ4v) is 4.60. The summed E-state index contributed by atoms with van der Waals surface area (Å²) in [4.78, 5) is 36.2. The largest absolute Gasteiger partial charge is 0.467 e. The minimum absolute atomic E-state index is 0.121. The summed E-state index contributed by atoms with van der Waals surface area (Å²) < 4.78 is 4.89. The van der Waals surface area contributed by atoms with Crippen LogP contribution in [0.1, 0.15) is 44.0 Å². The summed E-state index contributed by atoms with van der Waals surface area (Å²) in [6.07, 6.45) is 14.6. The number of benzene rings is 1. The highest BCUT2D eigenvalue weighted by Crippen LogP contribution is 2.30. The van der Waals surface area contributed by atoms with Gasteiger partial charge in [0.05, 0.1) is 22.7 Å². The van der Waals surface area contributed by atoms with Gasteiger partial charge in [-0.05, 0) is 56.5 Å². The molecule has 2 aromatic rings. The number of anilines is 1. The topological polar surface area (TPSA) is 84.4 Å². The van der Waals surface area contributed by atoms with Crippen LogP contribution in [0.15, 0.2) is 83.9 Å². The average Bonchev–Trinajstić information content (AvgIpc) is 2.89. The van der Waals surface area contributed by atoms with Crippen molar-refractivity contribution in [1.82, 2.24) is 15.3 Å². The number of nitrogens with zero attached hydrogens (tertiary/aromatic N) is 3. The van der Waals surface area contributed by atoms with Crippen molar-refractivity contribution in [1.29, 1.82) is 0 Å². The van der Waals surface area contributed by atoms with E-state index >= 15 is 0 Å². The van der Waals surface area contributed by atoms with Crippen LogP contribution in [0.4, 0.5) is 5.95 Å². The van der Waals surface area contributed by atoms with Crippen LogP contribution in [0.25, 0.3) is 0 Å². The van der Waals surface area contributed by atoms with Crippen molar-refractivity contribution in [2.24, 2.45) is 5.92 Å². The Labute approximate surface area is 233 Å². The van der Waals surface area contributed by atoms with E-state index in [4.69, 9.17) is 27.9 Å². The number of carbonyl (C=O) groups is 2. The Hall–Kier alpha value is -3.42. The van der Waals surface area contributed by atoms with Crippen LogP contribution in [-0.4, -0.2) is 41.5 Å². The van der Waals surface area contributed by atoms with Crippen molar-refractivity contribution < 1.29 is 14.3 Å². The molecule has 0 fully saturated rings. The second-order valence-corrected chi connectivity index (χ2v) is 9.98. The van der Waals surface area contributed by atoms with Gasteiger partial charge in [0.15, 0.2) is 0 Å². The molecular weight excluding hydrogens is 523 g/mol. The van der Waals surface area contributed by atoms with Gasteiger partial charge in [-0.25, -0.2) is 14.8 Å². The first-order valence-corrected chi connectivity index (χ1v) is 13.0. The summed E-state index contributed by atoms with van der Waals surface area (Å²) in [6.45, 7) is 6.98. The molecule has 0 bridgehead atoms. The summed E-state index contributed by atoms with van der Waals surface area (Å²) in [6, 6.07) is 5.70. The van der Waals surface area contributed by atoms with E-state index in [0.29, 0.717) is 12.5 Å². The van der Waals surface area contributed by atoms with Crippen molar-refractivity contribution in [2.75, 3.05) is 18.6 Å². The van der Waals surface area contributed by atoms with Gasteiger partial charge in [-0.1, -0.05) is 66.1 Å². The smallest absolute Gasteiger partial charge is 0.328 e. The molecule has 1 N–H and O–H groups in total. The summed E-state index contributed by atoms with van der Waals surface area (Å²) >= 11 is 12.3. The number of hydrogen-bond acceptors (Lipinski definition) is 6. The van der Waals surface area contributed by atoms with Crippen LogP contribution in [0.2, 0.25) is 10.0 Å². The van der Waals surface area contributed by atoms with E-state index in [2.05, 4.69) is 59.2 Å².